The van der Waals surface area contributed by atoms with Gasteiger partial charge in [-0.25, -0.2) is 0 Å². The molecule has 0 aliphatic carbocycles. The smallest absolute Gasteiger partial charge is 0.267 e. The first kappa shape index (κ1) is 20.7. The summed E-state index contributed by atoms with van der Waals surface area (Å²) < 4.78 is 0. The fourth-order valence-electron chi connectivity index (χ4n) is 2.83. The Morgan fingerprint density at radius 3 is 2.32 bits per heavy atom. The normalized spacial score (nSPS) is 11.3. The SMILES string of the molecule is CCN(CC)CCCN/C=C(/C#N)C(=O)Nc1c(C)cc(C)cc1C. The highest BCUT2D eigenvalue weighted by atomic mass is 16.1. The Morgan fingerprint density at radius 2 is 1.80 bits per heavy atom. The van der Waals surface area contributed by atoms with Crippen molar-refractivity contribution in [1.29, 1.82) is 5.26 Å². The van der Waals surface area contributed by atoms with Gasteiger partial charge in [0.25, 0.3) is 5.91 Å². The zero-order chi connectivity index (χ0) is 18.8. The number of carbonyl (C=O) groups excluding carboxylic acids is 1. The summed E-state index contributed by atoms with van der Waals surface area (Å²) in [4.78, 5) is 14.7. The third-order valence-corrected chi connectivity index (χ3v) is 4.22. The predicted octanol–water partition coefficient (Wildman–Crippen LogP) is 3.28. The van der Waals surface area contributed by atoms with E-state index >= 15 is 0 Å². The van der Waals surface area contributed by atoms with Crippen molar-refractivity contribution >= 4 is 11.6 Å². The van der Waals surface area contributed by atoms with Gasteiger partial charge < -0.3 is 15.5 Å². The van der Waals surface area contributed by atoms with Crippen LogP contribution in [0, 0.1) is 32.1 Å². The molecule has 2 N–H and O–H groups in total. The van der Waals surface area contributed by atoms with Gasteiger partial charge in [-0.1, -0.05) is 31.5 Å². The molecule has 0 unspecified atom stereocenters. The molecule has 0 aliphatic heterocycles. The van der Waals surface area contributed by atoms with Gasteiger partial charge in [-0.3, -0.25) is 4.79 Å². The van der Waals surface area contributed by atoms with Crippen molar-refractivity contribution in [2.24, 2.45) is 0 Å². The van der Waals surface area contributed by atoms with Crippen molar-refractivity contribution in [1.82, 2.24) is 10.2 Å². The Balaban J connectivity index is 2.62. The maximum absolute atomic E-state index is 12.3. The highest BCUT2D eigenvalue weighted by Crippen LogP contribution is 2.22. The number of benzene rings is 1. The van der Waals surface area contributed by atoms with Gasteiger partial charge in [0.2, 0.25) is 0 Å². The van der Waals surface area contributed by atoms with Gasteiger partial charge in [-0.05, 0) is 58.0 Å². The Morgan fingerprint density at radius 1 is 1.20 bits per heavy atom. The number of nitrogens with one attached hydrogen (secondary N) is 2. The molecule has 0 fully saturated rings. The lowest BCUT2D eigenvalue weighted by Crippen LogP contribution is -2.26. The van der Waals surface area contributed by atoms with E-state index in [0.29, 0.717) is 0 Å². The average Bonchev–Trinajstić information content (AvgIpc) is 2.57. The van der Waals surface area contributed by atoms with E-state index < -0.39 is 0 Å². The zero-order valence-electron chi connectivity index (χ0n) is 16.1. The van der Waals surface area contributed by atoms with Crippen molar-refractivity contribution in [3.63, 3.8) is 0 Å². The molecule has 25 heavy (non-hydrogen) atoms. The molecule has 1 amide bonds. The molecule has 0 aromatic heterocycles. The summed E-state index contributed by atoms with van der Waals surface area (Å²) in [6.45, 7) is 14.0. The minimum absolute atomic E-state index is 0.0854. The Kier molecular flexibility index (Phi) is 8.73. The van der Waals surface area contributed by atoms with E-state index in [-0.39, 0.29) is 11.5 Å². The molecule has 1 aromatic carbocycles. The number of aryl methyl sites for hydroxylation is 3. The first-order chi connectivity index (χ1) is 11.9. The van der Waals surface area contributed by atoms with Crippen molar-refractivity contribution in [2.75, 3.05) is 31.5 Å². The summed E-state index contributed by atoms with van der Waals surface area (Å²) in [6.07, 6.45) is 2.48. The second-order valence-electron chi connectivity index (χ2n) is 6.23. The molecular weight excluding hydrogens is 312 g/mol. The maximum Gasteiger partial charge on any atom is 0.267 e. The molecular formula is C20H30N4O. The van der Waals surface area contributed by atoms with E-state index in [1.165, 1.54) is 6.20 Å². The van der Waals surface area contributed by atoms with Crippen LogP contribution in [0.25, 0.3) is 0 Å². The molecule has 0 spiro atoms. The molecule has 0 heterocycles. The number of carbonyl (C=O) groups is 1. The lowest BCUT2D eigenvalue weighted by Gasteiger charge is -2.17. The molecule has 1 rings (SSSR count). The highest BCUT2D eigenvalue weighted by molar-refractivity contribution is 6.07. The van der Waals surface area contributed by atoms with E-state index in [2.05, 4.69) is 29.4 Å². The molecule has 0 atom stereocenters. The second-order valence-corrected chi connectivity index (χ2v) is 6.23. The Bertz CT molecular complexity index is 631. The zero-order valence-corrected chi connectivity index (χ0v) is 16.1. The quantitative estimate of drug-likeness (QED) is 0.410. The number of nitrogens with zero attached hydrogens (tertiary/aromatic N) is 2. The van der Waals surface area contributed by atoms with E-state index in [1.807, 2.05) is 39.0 Å². The number of rotatable bonds is 9. The van der Waals surface area contributed by atoms with Crippen LogP contribution in [0.3, 0.4) is 0 Å². The predicted molar refractivity (Wildman–Crippen MR) is 103 cm³/mol. The van der Waals surface area contributed by atoms with Gasteiger partial charge in [0, 0.05) is 18.4 Å². The molecule has 5 heteroatoms. The van der Waals surface area contributed by atoms with Gasteiger partial charge in [0.1, 0.15) is 11.6 Å². The van der Waals surface area contributed by atoms with Crippen LogP contribution in [0.1, 0.15) is 37.0 Å². The monoisotopic (exact) mass is 342 g/mol. The maximum atomic E-state index is 12.3. The van der Waals surface area contributed by atoms with Crippen molar-refractivity contribution in [2.45, 2.75) is 41.0 Å². The van der Waals surface area contributed by atoms with Gasteiger partial charge in [-0.2, -0.15) is 5.26 Å². The molecule has 0 bridgehead atoms. The number of hydrogen-bond donors (Lipinski definition) is 2. The minimum atomic E-state index is -0.381. The van der Waals surface area contributed by atoms with Crippen LogP contribution >= 0.6 is 0 Å². The molecule has 5 nitrogen and oxygen atoms in total. The van der Waals surface area contributed by atoms with Gasteiger partial charge in [-0.15, -0.1) is 0 Å². The van der Waals surface area contributed by atoms with E-state index in [1.54, 1.807) is 0 Å². The first-order valence-electron chi connectivity index (χ1n) is 8.88. The Labute approximate surface area is 151 Å². The lowest BCUT2D eigenvalue weighted by atomic mass is 10.0. The van der Waals surface area contributed by atoms with Gasteiger partial charge >= 0.3 is 0 Å². The van der Waals surface area contributed by atoms with Gasteiger partial charge in [0.15, 0.2) is 0 Å². The molecule has 0 aliphatic rings. The summed E-state index contributed by atoms with van der Waals surface area (Å²) in [5.74, 6) is -0.381. The number of amides is 1. The third kappa shape index (κ3) is 6.60. The largest absolute Gasteiger partial charge is 0.390 e. The molecule has 0 saturated carbocycles. The van der Waals surface area contributed by atoms with Crippen LogP contribution in [0.5, 0.6) is 0 Å². The van der Waals surface area contributed by atoms with Crippen LogP contribution in [-0.2, 0) is 4.79 Å². The third-order valence-electron chi connectivity index (χ3n) is 4.22. The summed E-state index contributed by atoms with van der Waals surface area (Å²) in [5, 5.41) is 15.2. The van der Waals surface area contributed by atoms with Gasteiger partial charge in [0.05, 0.1) is 0 Å². The van der Waals surface area contributed by atoms with E-state index in [0.717, 1.165) is 55.0 Å². The summed E-state index contributed by atoms with van der Waals surface area (Å²) in [7, 11) is 0. The number of nitriles is 1. The van der Waals surface area contributed by atoms with Crippen LogP contribution in [0.15, 0.2) is 23.9 Å². The van der Waals surface area contributed by atoms with Crippen LogP contribution < -0.4 is 10.6 Å². The lowest BCUT2D eigenvalue weighted by molar-refractivity contribution is -0.112. The Hall–Kier alpha value is -2.32. The fraction of sp³-hybridized carbons (Fsp3) is 0.500. The molecule has 0 radical (unpaired) electrons. The molecule has 1 aromatic rings. The standard InChI is InChI=1S/C20H30N4O/c1-6-24(7-2)10-8-9-22-14-18(13-21)20(25)23-19-16(4)11-15(3)12-17(19)5/h11-12,14,22H,6-10H2,1-5H3,(H,23,25)/b18-14-. The molecule has 136 valence electrons. The summed E-state index contributed by atoms with van der Waals surface area (Å²) in [6, 6.07) is 6.01. The molecule has 0 saturated heterocycles. The summed E-state index contributed by atoms with van der Waals surface area (Å²) in [5.41, 5.74) is 4.00. The fourth-order valence-corrected chi connectivity index (χ4v) is 2.83. The average molecular weight is 342 g/mol. The van der Waals surface area contributed by atoms with Crippen molar-refractivity contribution in [3.8, 4) is 6.07 Å². The highest BCUT2D eigenvalue weighted by Gasteiger charge is 2.12. The topological polar surface area (TPSA) is 68.2 Å². The number of anilines is 1. The van der Waals surface area contributed by atoms with Crippen LogP contribution in [0.4, 0.5) is 5.69 Å². The van der Waals surface area contributed by atoms with Crippen molar-refractivity contribution in [3.05, 3.63) is 40.6 Å². The van der Waals surface area contributed by atoms with Crippen LogP contribution in [-0.4, -0.2) is 37.0 Å². The van der Waals surface area contributed by atoms with Crippen LogP contribution in [0.2, 0.25) is 0 Å². The second kappa shape index (κ2) is 10.5. The van der Waals surface area contributed by atoms with E-state index in [4.69, 9.17) is 0 Å². The summed E-state index contributed by atoms with van der Waals surface area (Å²) >= 11 is 0. The van der Waals surface area contributed by atoms with Crippen molar-refractivity contribution < 1.29 is 4.79 Å². The first-order valence-corrected chi connectivity index (χ1v) is 8.88. The minimum Gasteiger partial charge on any atom is -0.390 e. The van der Waals surface area contributed by atoms with E-state index in [9.17, 15) is 10.1 Å². The number of hydrogen-bond acceptors (Lipinski definition) is 4.